The smallest absolute Gasteiger partial charge is 0.159 e. The van der Waals surface area contributed by atoms with Gasteiger partial charge in [0, 0.05) is 5.56 Å². The number of anilines is 1. The first-order valence-electron chi connectivity index (χ1n) is 6.18. The molecular formula is C14H19NO2. The van der Waals surface area contributed by atoms with Gasteiger partial charge in [-0.25, -0.2) is 0 Å². The van der Waals surface area contributed by atoms with Crippen molar-refractivity contribution in [2.24, 2.45) is 0 Å². The van der Waals surface area contributed by atoms with Crippen LogP contribution in [-0.4, -0.2) is 17.9 Å². The van der Waals surface area contributed by atoms with Gasteiger partial charge in [-0.15, -0.1) is 0 Å². The van der Waals surface area contributed by atoms with Crippen molar-refractivity contribution in [1.82, 2.24) is 0 Å². The van der Waals surface area contributed by atoms with Crippen molar-refractivity contribution in [3.05, 3.63) is 23.8 Å². The van der Waals surface area contributed by atoms with Crippen LogP contribution in [0.3, 0.4) is 0 Å². The lowest BCUT2D eigenvalue weighted by Gasteiger charge is -2.38. The second-order valence-corrected chi connectivity index (χ2v) is 4.61. The van der Waals surface area contributed by atoms with Gasteiger partial charge < -0.3 is 10.1 Å². The molecule has 2 rings (SSSR count). The van der Waals surface area contributed by atoms with Crippen LogP contribution >= 0.6 is 0 Å². The predicted octanol–water partition coefficient (Wildman–Crippen LogP) is 3.25. The third-order valence-corrected chi connectivity index (χ3v) is 3.60. The molecule has 0 aliphatic carbocycles. The van der Waals surface area contributed by atoms with E-state index < -0.39 is 0 Å². The summed E-state index contributed by atoms with van der Waals surface area (Å²) in [5.74, 6) is 0.933. The highest BCUT2D eigenvalue weighted by Crippen LogP contribution is 2.36. The highest BCUT2D eigenvalue weighted by Gasteiger charge is 2.32. The molecule has 1 N–H and O–H groups in total. The number of hydrogen-bond donors (Lipinski definition) is 1. The minimum absolute atomic E-state index is 0.0809. The Bertz CT molecular complexity index is 436. The monoisotopic (exact) mass is 233 g/mol. The summed E-state index contributed by atoms with van der Waals surface area (Å²) in [6.45, 7) is 6.66. The van der Waals surface area contributed by atoms with E-state index in [1.165, 1.54) is 0 Å². The molecule has 92 valence electrons. The average molecular weight is 233 g/mol. The van der Waals surface area contributed by atoms with E-state index in [-0.39, 0.29) is 11.4 Å². The van der Waals surface area contributed by atoms with E-state index in [0.29, 0.717) is 0 Å². The largest absolute Gasteiger partial charge is 0.483 e. The molecule has 1 aromatic carbocycles. The Morgan fingerprint density at radius 2 is 2.12 bits per heavy atom. The van der Waals surface area contributed by atoms with Crippen LogP contribution in [0.2, 0.25) is 0 Å². The van der Waals surface area contributed by atoms with Crippen LogP contribution in [0.25, 0.3) is 0 Å². The lowest BCUT2D eigenvalue weighted by atomic mass is 9.95. The van der Waals surface area contributed by atoms with Gasteiger partial charge in [0.15, 0.2) is 5.78 Å². The third kappa shape index (κ3) is 2.14. The summed E-state index contributed by atoms with van der Waals surface area (Å²) in [4.78, 5) is 11.3. The molecule has 0 saturated carbocycles. The molecular weight excluding hydrogens is 214 g/mol. The molecule has 3 heteroatoms. The summed E-state index contributed by atoms with van der Waals surface area (Å²) in [6, 6.07) is 5.58. The van der Waals surface area contributed by atoms with Crippen LogP contribution in [0.1, 0.15) is 44.0 Å². The summed E-state index contributed by atoms with van der Waals surface area (Å²) in [6.07, 6.45) is 1.95. The zero-order chi connectivity index (χ0) is 12.5. The standard InChI is InChI=1S/C14H19NO2/c1-4-14(5-2)9-15-12-8-11(10(3)16)6-7-13(12)17-14/h6-8,15H,4-5,9H2,1-3H3. The topological polar surface area (TPSA) is 38.3 Å². The predicted molar refractivity (Wildman–Crippen MR) is 68.9 cm³/mol. The zero-order valence-corrected chi connectivity index (χ0v) is 10.7. The Balaban J connectivity index is 2.31. The van der Waals surface area contributed by atoms with Gasteiger partial charge in [-0.3, -0.25) is 4.79 Å². The molecule has 0 fully saturated rings. The quantitative estimate of drug-likeness (QED) is 0.814. The first kappa shape index (κ1) is 12.0. The first-order chi connectivity index (χ1) is 8.10. The molecule has 0 atom stereocenters. The van der Waals surface area contributed by atoms with E-state index in [0.717, 1.165) is 36.4 Å². The number of benzene rings is 1. The molecule has 1 aromatic rings. The summed E-state index contributed by atoms with van der Waals surface area (Å²) < 4.78 is 6.08. The number of carbonyl (C=O) groups excluding carboxylic acids is 1. The molecule has 1 heterocycles. The SMILES string of the molecule is CCC1(CC)CNc2cc(C(C)=O)ccc2O1. The van der Waals surface area contributed by atoms with Crippen LogP contribution in [0, 0.1) is 0 Å². The Labute approximate surface area is 102 Å². The summed E-state index contributed by atoms with van der Waals surface area (Å²) in [5.41, 5.74) is 1.54. The Hall–Kier alpha value is -1.51. The highest BCUT2D eigenvalue weighted by atomic mass is 16.5. The van der Waals surface area contributed by atoms with Gasteiger partial charge >= 0.3 is 0 Å². The molecule has 0 spiro atoms. The van der Waals surface area contributed by atoms with Crippen molar-refractivity contribution in [2.45, 2.75) is 39.2 Å². The highest BCUT2D eigenvalue weighted by molar-refractivity contribution is 5.95. The number of ketones is 1. The lowest BCUT2D eigenvalue weighted by Crippen LogP contribution is -2.44. The Morgan fingerprint density at radius 1 is 1.41 bits per heavy atom. The minimum atomic E-state index is -0.106. The van der Waals surface area contributed by atoms with Crippen molar-refractivity contribution in [1.29, 1.82) is 0 Å². The van der Waals surface area contributed by atoms with E-state index in [1.807, 2.05) is 18.2 Å². The fraction of sp³-hybridized carbons (Fsp3) is 0.500. The van der Waals surface area contributed by atoms with Crippen molar-refractivity contribution in [2.75, 3.05) is 11.9 Å². The second kappa shape index (κ2) is 4.40. The summed E-state index contributed by atoms with van der Waals surface area (Å²) in [5, 5.41) is 3.37. The number of hydrogen-bond acceptors (Lipinski definition) is 3. The fourth-order valence-electron chi connectivity index (χ4n) is 2.15. The van der Waals surface area contributed by atoms with Gasteiger partial charge in [-0.2, -0.15) is 0 Å². The van der Waals surface area contributed by atoms with Crippen molar-refractivity contribution in [3.8, 4) is 5.75 Å². The van der Waals surface area contributed by atoms with Gasteiger partial charge in [0.2, 0.25) is 0 Å². The minimum Gasteiger partial charge on any atom is -0.483 e. The van der Waals surface area contributed by atoms with E-state index in [2.05, 4.69) is 19.2 Å². The van der Waals surface area contributed by atoms with Crippen LogP contribution in [0.4, 0.5) is 5.69 Å². The van der Waals surface area contributed by atoms with Gasteiger partial charge in [0.25, 0.3) is 0 Å². The van der Waals surface area contributed by atoms with E-state index in [9.17, 15) is 4.79 Å². The maximum absolute atomic E-state index is 11.3. The number of Topliss-reactive ketones (excluding diaryl/α,β-unsaturated/α-hetero) is 1. The molecule has 1 aliphatic rings. The number of rotatable bonds is 3. The molecule has 0 radical (unpaired) electrons. The van der Waals surface area contributed by atoms with Crippen molar-refractivity contribution in [3.63, 3.8) is 0 Å². The number of carbonyl (C=O) groups is 1. The maximum atomic E-state index is 11.3. The molecule has 17 heavy (non-hydrogen) atoms. The van der Waals surface area contributed by atoms with E-state index in [4.69, 9.17) is 4.74 Å². The normalized spacial score (nSPS) is 16.6. The molecule has 3 nitrogen and oxygen atoms in total. The Morgan fingerprint density at radius 3 is 2.71 bits per heavy atom. The van der Waals surface area contributed by atoms with Crippen LogP contribution in [0.15, 0.2) is 18.2 Å². The lowest BCUT2D eigenvalue weighted by molar-refractivity contribution is 0.0670. The summed E-state index contributed by atoms with van der Waals surface area (Å²) >= 11 is 0. The van der Waals surface area contributed by atoms with Crippen LogP contribution in [0.5, 0.6) is 5.75 Å². The van der Waals surface area contributed by atoms with Gasteiger partial charge in [0.05, 0.1) is 12.2 Å². The third-order valence-electron chi connectivity index (χ3n) is 3.60. The average Bonchev–Trinajstić information content (AvgIpc) is 2.37. The molecule has 0 unspecified atom stereocenters. The van der Waals surface area contributed by atoms with Gasteiger partial charge in [-0.1, -0.05) is 13.8 Å². The molecule has 0 amide bonds. The van der Waals surface area contributed by atoms with E-state index >= 15 is 0 Å². The Kier molecular flexibility index (Phi) is 3.09. The second-order valence-electron chi connectivity index (χ2n) is 4.61. The van der Waals surface area contributed by atoms with Crippen molar-refractivity contribution < 1.29 is 9.53 Å². The number of fused-ring (bicyclic) bond motifs is 1. The molecule has 1 aliphatic heterocycles. The van der Waals surface area contributed by atoms with Crippen molar-refractivity contribution >= 4 is 11.5 Å². The molecule has 0 saturated heterocycles. The number of nitrogens with one attached hydrogen (secondary N) is 1. The van der Waals surface area contributed by atoms with Gasteiger partial charge in [0.1, 0.15) is 11.4 Å². The maximum Gasteiger partial charge on any atom is 0.159 e. The first-order valence-corrected chi connectivity index (χ1v) is 6.18. The number of ether oxygens (including phenoxy) is 1. The summed E-state index contributed by atoms with van der Waals surface area (Å²) in [7, 11) is 0. The van der Waals surface area contributed by atoms with Crippen LogP contribution in [-0.2, 0) is 0 Å². The zero-order valence-electron chi connectivity index (χ0n) is 10.7. The van der Waals surface area contributed by atoms with Crippen LogP contribution < -0.4 is 10.1 Å². The van der Waals surface area contributed by atoms with E-state index in [1.54, 1.807) is 6.92 Å². The van der Waals surface area contributed by atoms with Gasteiger partial charge in [-0.05, 0) is 38.0 Å². The fourth-order valence-corrected chi connectivity index (χ4v) is 2.15. The molecule has 0 bridgehead atoms. The molecule has 0 aromatic heterocycles.